The van der Waals surface area contributed by atoms with Gasteiger partial charge >= 0.3 is 5.97 Å². The molecule has 0 atom stereocenters. The Kier molecular flexibility index (Phi) is 3.86. The molecule has 2 aromatic heterocycles. The molecule has 2 heterocycles. The van der Waals surface area contributed by atoms with E-state index < -0.39 is 5.97 Å². The van der Waals surface area contributed by atoms with Gasteiger partial charge in [0.1, 0.15) is 6.54 Å². The van der Waals surface area contributed by atoms with Crippen molar-refractivity contribution in [3.05, 3.63) is 30.4 Å². The fraction of sp³-hybridized carbons (Fsp3) is 0.300. The van der Waals surface area contributed by atoms with Crippen LogP contribution in [0.1, 0.15) is 10.5 Å². The minimum absolute atomic E-state index is 0.122. The Balaban J connectivity index is 1.73. The fourth-order valence-electron chi connectivity index (χ4n) is 1.41. The highest BCUT2D eigenvalue weighted by atomic mass is 16.4. The largest absolute Gasteiger partial charge is 0.476 e. The molecule has 0 aliphatic heterocycles. The lowest BCUT2D eigenvalue weighted by Gasteiger charge is -2.04. The van der Waals surface area contributed by atoms with Gasteiger partial charge in [0.05, 0.1) is 12.7 Å². The summed E-state index contributed by atoms with van der Waals surface area (Å²) in [5.74, 6) is -1.31. The molecule has 100 valence electrons. The van der Waals surface area contributed by atoms with Crippen LogP contribution in [0.25, 0.3) is 0 Å². The van der Waals surface area contributed by atoms with Gasteiger partial charge in [0.15, 0.2) is 5.69 Å². The number of hydrogen-bond donors (Lipinski definition) is 2. The predicted molar refractivity (Wildman–Crippen MR) is 62.2 cm³/mol. The highest BCUT2D eigenvalue weighted by molar-refractivity contribution is 5.84. The summed E-state index contributed by atoms with van der Waals surface area (Å²) in [6.07, 6.45) is 4.59. The fourth-order valence-corrected chi connectivity index (χ4v) is 1.41. The summed E-state index contributed by atoms with van der Waals surface area (Å²) in [5.41, 5.74) is -0.122. The minimum Gasteiger partial charge on any atom is -0.476 e. The Morgan fingerprint density at radius 2 is 2.21 bits per heavy atom. The van der Waals surface area contributed by atoms with Crippen LogP contribution in [-0.4, -0.2) is 48.3 Å². The zero-order chi connectivity index (χ0) is 13.7. The van der Waals surface area contributed by atoms with Crippen LogP contribution in [-0.2, 0) is 17.9 Å². The highest BCUT2D eigenvalue weighted by Gasteiger charge is 2.08. The van der Waals surface area contributed by atoms with Crippen LogP contribution in [0.4, 0.5) is 0 Å². The van der Waals surface area contributed by atoms with Crippen LogP contribution >= 0.6 is 0 Å². The SMILES string of the molecule is O=C(Cn1cccn1)NCCn1cc(C(=O)O)nn1. The van der Waals surface area contributed by atoms with Gasteiger partial charge in [-0.3, -0.25) is 9.48 Å². The first-order valence-corrected chi connectivity index (χ1v) is 5.52. The predicted octanol–water partition coefficient (Wildman–Crippen LogP) is -1.01. The molecule has 0 fully saturated rings. The minimum atomic E-state index is -1.13. The number of aromatic nitrogens is 5. The zero-order valence-corrected chi connectivity index (χ0v) is 9.93. The lowest BCUT2D eigenvalue weighted by Crippen LogP contribution is -2.30. The van der Waals surface area contributed by atoms with Crippen molar-refractivity contribution >= 4 is 11.9 Å². The second-order valence-corrected chi connectivity index (χ2v) is 3.73. The number of carboxylic acids is 1. The maximum atomic E-state index is 11.5. The van der Waals surface area contributed by atoms with Crippen LogP contribution in [0, 0.1) is 0 Å². The maximum Gasteiger partial charge on any atom is 0.358 e. The van der Waals surface area contributed by atoms with E-state index in [1.165, 1.54) is 15.6 Å². The molecule has 1 amide bonds. The van der Waals surface area contributed by atoms with Gasteiger partial charge in [-0.05, 0) is 6.07 Å². The molecular weight excluding hydrogens is 252 g/mol. The molecule has 0 aliphatic carbocycles. The number of nitrogens with one attached hydrogen (secondary N) is 1. The molecule has 0 unspecified atom stereocenters. The molecule has 19 heavy (non-hydrogen) atoms. The molecule has 2 aromatic rings. The van der Waals surface area contributed by atoms with Gasteiger partial charge in [-0.2, -0.15) is 5.10 Å². The van der Waals surface area contributed by atoms with Gasteiger partial charge in [0.2, 0.25) is 5.91 Å². The third-order valence-electron chi connectivity index (χ3n) is 2.29. The Bertz CT molecular complexity index is 562. The van der Waals surface area contributed by atoms with E-state index in [9.17, 15) is 9.59 Å². The number of nitrogens with zero attached hydrogens (tertiary/aromatic N) is 5. The van der Waals surface area contributed by atoms with E-state index in [1.54, 1.807) is 18.5 Å². The summed E-state index contributed by atoms with van der Waals surface area (Å²) in [6.45, 7) is 0.832. The van der Waals surface area contributed by atoms with Crippen molar-refractivity contribution < 1.29 is 14.7 Å². The number of rotatable bonds is 6. The second kappa shape index (κ2) is 5.76. The summed E-state index contributed by atoms with van der Waals surface area (Å²) < 4.78 is 2.87. The van der Waals surface area contributed by atoms with Gasteiger partial charge in [-0.1, -0.05) is 5.21 Å². The third-order valence-corrected chi connectivity index (χ3v) is 2.29. The molecule has 0 spiro atoms. The Morgan fingerprint density at radius 1 is 1.37 bits per heavy atom. The van der Waals surface area contributed by atoms with E-state index in [1.807, 2.05) is 0 Å². The number of carbonyl (C=O) groups excluding carboxylic acids is 1. The average molecular weight is 264 g/mol. The molecule has 9 nitrogen and oxygen atoms in total. The maximum absolute atomic E-state index is 11.5. The summed E-state index contributed by atoms with van der Waals surface area (Å²) in [7, 11) is 0. The van der Waals surface area contributed by atoms with Crippen molar-refractivity contribution in [1.29, 1.82) is 0 Å². The van der Waals surface area contributed by atoms with Gasteiger partial charge in [-0.25, -0.2) is 9.48 Å². The lowest BCUT2D eigenvalue weighted by atomic mass is 10.5. The van der Waals surface area contributed by atoms with Crippen molar-refractivity contribution in [2.24, 2.45) is 0 Å². The number of hydrogen-bond acceptors (Lipinski definition) is 5. The van der Waals surface area contributed by atoms with Gasteiger partial charge in [-0.15, -0.1) is 5.10 Å². The monoisotopic (exact) mass is 264 g/mol. The number of carboxylic acid groups (broad SMARTS) is 1. The first kappa shape index (κ1) is 12.7. The van der Waals surface area contributed by atoms with Crippen molar-refractivity contribution in [2.45, 2.75) is 13.1 Å². The Labute approximate surface area is 107 Å². The van der Waals surface area contributed by atoms with Gasteiger partial charge < -0.3 is 10.4 Å². The molecule has 0 bridgehead atoms. The molecule has 9 heteroatoms. The number of aromatic carboxylic acids is 1. The van der Waals surface area contributed by atoms with Crippen LogP contribution < -0.4 is 5.32 Å². The van der Waals surface area contributed by atoms with E-state index in [2.05, 4.69) is 20.7 Å². The average Bonchev–Trinajstić information content (AvgIpc) is 3.00. The van der Waals surface area contributed by atoms with E-state index in [0.717, 1.165) is 0 Å². The van der Waals surface area contributed by atoms with Crippen molar-refractivity contribution in [3.8, 4) is 0 Å². The topological polar surface area (TPSA) is 115 Å². The summed E-state index contributed by atoms with van der Waals surface area (Å²) in [6, 6.07) is 1.73. The molecule has 0 radical (unpaired) electrons. The summed E-state index contributed by atoms with van der Waals surface area (Å²) in [4.78, 5) is 22.1. The van der Waals surface area contributed by atoms with E-state index in [-0.39, 0.29) is 18.1 Å². The lowest BCUT2D eigenvalue weighted by molar-refractivity contribution is -0.121. The second-order valence-electron chi connectivity index (χ2n) is 3.73. The normalized spacial score (nSPS) is 10.3. The summed E-state index contributed by atoms with van der Waals surface area (Å²) >= 11 is 0. The van der Waals surface area contributed by atoms with Crippen molar-refractivity contribution in [1.82, 2.24) is 30.1 Å². The van der Waals surface area contributed by atoms with Crippen molar-refractivity contribution in [2.75, 3.05) is 6.54 Å². The first-order chi connectivity index (χ1) is 9.15. The first-order valence-electron chi connectivity index (χ1n) is 5.52. The van der Waals surface area contributed by atoms with E-state index >= 15 is 0 Å². The van der Waals surface area contributed by atoms with Crippen LogP contribution in [0.5, 0.6) is 0 Å². The van der Waals surface area contributed by atoms with Crippen LogP contribution in [0.2, 0.25) is 0 Å². The van der Waals surface area contributed by atoms with Gasteiger partial charge in [0.25, 0.3) is 0 Å². The standard InChI is InChI=1S/C10H12N6O3/c17-9(7-15-4-1-2-12-15)11-3-5-16-6-8(10(18)19)13-14-16/h1-2,4,6H,3,5,7H2,(H,11,17)(H,18,19). The van der Waals surface area contributed by atoms with E-state index in [0.29, 0.717) is 13.1 Å². The van der Waals surface area contributed by atoms with Crippen LogP contribution in [0.15, 0.2) is 24.7 Å². The molecule has 2 N–H and O–H groups in total. The molecule has 0 aromatic carbocycles. The smallest absolute Gasteiger partial charge is 0.358 e. The van der Waals surface area contributed by atoms with Crippen molar-refractivity contribution in [3.63, 3.8) is 0 Å². The highest BCUT2D eigenvalue weighted by Crippen LogP contribution is 1.92. The number of amides is 1. The molecule has 0 saturated carbocycles. The quantitative estimate of drug-likeness (QED) is 0.690. The third kappa shape index (κ3) is 3.63. The Hall–Kier alpha value is -2.71. The molecule has 0 saturated heterocycles. The number of carbonyl (C=O) groups is 2. The van der Waals surface area contributed by atoms with E-state index in [4.69, 9.17) is 5.11 Å². The Morgan fingerprint density at radius 3 is 2.84 bits per heavy atom. The molecule has 0 aliphatic rings. The zero-order valence-electron chi connectivity index (χ0n) is 9.93. The van der Waals surface area contributed by atoms with Gasteiger partial charge in [0, 0.05) is 18.9 Å². The van der Waals surface area contributed by atoms with Crippen LogP contribution in [0.3, 0.4) is 0 Å². The summed E-state index contributed by atoms with van der Waals surface area (Å²) in [5, 5.41) is 22.3. The molecular formula is C10H12N6O3. The molecule has 2 rings (SSSR count).